The number of carboxylic acids is 1. The van der Waals surface area contributed by atoms with Gasteiger partial charge in [-0.2, -0.15) is 0 Å². The molecule has 0 aliphatic carbocycles. The van der Waals surface area contributed by atoms with E-state index in [0.29, 0.717) is 56.4 Å². The quantitative estimate of drug-likeness (QED) is 0.150. The summed E-state index contributed by atoms with van der Waals surface area (Å²) < 4.78 is 12.9. The van der Waals surface area contributed by atoms with Crippen molar-refractivity contribution in [3.05, 3.63) is 95.1 Å². The number of rotatable bonds is 15. The lowest BCUT2D eigenvalue weighted by Gasteiger charge is -2.38. The average Bonchev–Trinajstić information content (AvgIpc) is 3.00. The zero-order chi connectivity index (χ0) is 31.5. The van der Waals surface area contributed by atoms with E-state index in [1.807, 2.05) is 54.4 Å². The predicted octanol–water partition coefficient (Wildman–Crippen LogP) is 5.07. The van der Waals surface area contributed by atoms with Crippen LogP contribution >= 0.6 is 0 Å². The second-order valence-electron chi connectivity index (χ2n) is 11.3. The number of carboxylic acid groups (broad SMARTS) is 1. The van der Waals surface area contributed by atoms with Gasteiger partial charge in [-0.25, -0.2) is 0 Å². The average molecular weight is 607 g/mol. The van der Waals surface area contributed by atoms with E-state index in [2.05, 4.69) is 5.32 Å². The number of aliphatic hydroxyl groups excluding tert-OH is 2. The lowest BCUT2D eigenvalue weighted by Crippen LogP contribution is -2.39. The molecule has 0 bridgehead atoms. The van der Waals surface area contributed by atoms with Gasteiger partial charge in [0, 0.05) is 43.6 Å². The number of nitrogens with one attached hydrogen (secondary N) is 1. The summed E-state index contributed by atoms with van der Waals surface area (Å²) in [4.78, 5) is 25.2. The molecule has 1 heterocycles. The van der Waals surface area contributed by atoms with Crippen LogP contribution < -0.4 is 5.32 Å². The van der Waals surface area contributed by atoms with E-state index in [1.165, 1.54) is 0 Å². The van der Waals surface area contributed by atoms with Crippen LogP contribution in [0.4, 0.5) is 5.69 Å². The minimum Gasteiger partial charge on any atom is -0.508 e. The summed E-state index contributed by atoms with van der Waals surface area (Å²) in [6.07, 6.45) is 0.757. The second-order valence-corrected chi connectivity index (χ2v) is 11.3. The molecule has 0 radical (unpaired) electrons. The first kappa shape index (κ1) is 33.1. The largest absolute Gasteiger partial charge is 0.508 e. The van der Waals surface area contributed by atoms with Crippen LogP contribution in [0.3, 0.4) is 0 Å². The number of nitrogens with zero attached hydrogens (tertiary/aromatic N) is 1. The molecule has 0 aromatic heterocycles. The molecule has 1 amide bonds. The smallest absolute Gasteiger partial charge is 0.303 e. The van der Waals surface area contributed by atoms with E-state index in [-0.39, 0.29) is 36.9 Å². The zero-order valence-corrected chi connectivity index (χ0v) is 25.0. The summed E-state index contributed by atoms with van der Waals surface area (Å²) in [5, 5.41) is 41.7. The number of amides is 1. The first-order valence-corrected chi connectivity index (χ1v) is 15.0. The Kier molecular flexibility index (Phi) is 12.3. The van der Waals surface area contributed by atoms with Crippen LogP contribution in [0, 0.1) is 0 Å². The maximum absolute atomic E-state index is 12.5. The first-order valence-electron chi connectivity index (χ1n) is 15.0. The number of aromatic hydroxyl groups is 1. The van der Waals surface area contributed by atoms with E-state index in [1.54, 1.807) is 30.3 Å². The van der Waals surface area contributed by atoms with Gasteiger partial charge in [-0.3, -0.25) is 9.59 Å². The number of carbonyl (C=O) groups is 2. The van der Waals surface area contributed by atoms with Crippen LogP contribution in [-0.4, -0.2) is 63.4 Å². The Bertz CT molecular complexity index is 1370. The Morgan fingerprint density at radius 2 is 1.70 bits per heavy atom. The van der Waals surface area contributed by atoms with Crippen molar-refractivity contribution >= 4 is 17.6 Å². The fourth-order valence-corrected chi connectivity index (χ4v) is 5.31. The zero-order valence-electron chi connectivity index (χ0n) is 25.0. The third-order valence-electron chi connectivity index (χ3n) is 7.61. The summed E-state index contributed by atoms with van der Waals surface area (Å²) in [7, 11) is 1.91. The van der Waals surface area contributed by atoms with Crippen molar-refractivity contribution < 1.29 is 39.5 Å². The number of likely N-dealkylation sites (N-methyl/N-ethyl adjacent to an activating group) is 1. The van der Waals surface area contributed by atoms with E-state index >= 15 is 0 Å². The summed E-state index contributed by atoms with van der Waals surface area (Å²) in [5.41, 5.74) is 3.75. The maximum Gasteiger partial charge on any atom is 0.303 e. The predicted molar refractivity (Wildman–Crippen MR) is 165 cm³/mol. The van der Waals surface area contributed by atoms with E-state index in [4.69, 9.17) is 14.6 Å². The molecule has 0 saturated carbocycles. The molecule has 236 valence electrons. The Balaban J connectivity index is 1.43. The molecule has 5 N–H and O–H groups in total. The summed E-state index contributed by atoms with van der Waals surface area (Å²) in [5.74, 6) is -0.874. The molecule has 1 saturated heterocycles. The summed E-state index contributed by atoms with van der Waals surface area (Å²) >= 11 is 0. The third-order valence-corrected chi connectivity index (χ3v) is 7.61. The number of aliphatic hydroxyl groups is 2. The van der Waals surface area contributed by atoms with Gasteiger partial charge in [0.15, 0.2) is 6.29 Å². The Morgan fingerprint density at radius 3 is 2.43 bits per heavy atom. The molecule has 10 nitrogen and oxygen atoms in total. The molecular weight excluding hydrogens is 564 g/mol. The number of benzene rings is 3. The molecular formula is C34H42N2O8. The number of anilines is 1. The molecule has 10 heteroatoms. The van der Waals surface area contributed by atoms with Crippen LogP contribution in [-0.2, 0) is 25.7 Å². The fraction of sp³-hybridized carbons (Fsp3) is 0.412. The normalized spacial score (nSPS) is 19.0. The monoisotopic (exact) mass is 606 g/mol. The highest BCUT2D eigenvalue weighted by molar-refractivity contribution is 5.90. The summed E-state index contributed by atoms with van der Waals surface area (Å²) in [6.45, 7) is 0.801. The lowest BCUT2D eigenvalue weighted by atomic mass is 9.99. The maximum atomic E-state index is 12.5. The minimum atomic E-state index is -0.831. The van der Waals surface area contributed by atoms with E-state index < -0.39 is 18.4 Å². The van der Waals surface area contributed by atoms with Gasteiger partial charge in [0.25, 0.3) is 0 Å². The van der Waals surface area contributed by atoms with Crippen LogP contribution in [0.5, 0.6) is 5.75 Å². The standard InChI is InChI=1S/C34H42N2O8/c1-36(21-30(39)25-7-6-10-28(38)18-25)20-29-19-31(24-15-13-23(22-37)14-16-24)44-34(43-29)26-8-5-9-27(17-26)35-32(40)11-3-2-4-12-33(41)42/h5-10,13-18,29-31,34,37-39H,2-4,11-12,19-22H2,1H3,(H,35,40)(H,41,42)/t29-,30+,31+,34+/m0/s1. The van der Waals surface area contributed by atoms with Gasteiger partial charge in [0.2, 0.25) is 5.91 Å². The van der Waals surface area contributed by atoms with Crippen molar-refractivity contribution in [2.75, 3.05) is 25.5 Å². The van der Waals surface area contributed by atoms with Gasteiger partial charge < -0.3 is 40.1 Å². The Labute approximate surface area is 257 Å². The van der Waals surface area contributed by atoms with Crippen molar-refractivity contribution in [2.24, 2.45) is 0 Å². The molecule has 3 aromatic rings. The molecule has 44 heavy (non-hydrogen) atoms. The number of hydrogen-bond donors (Lipinski definition) is 5. The van der Waals surface area contributed by atoms with E-state index in [9.17, 15) is 24.9 Å². The fourth-order valence-electron chi connectivity index (χ4n) is 5.31. The van der Waals surface area contributed by atoms with Crippen molar-refractivity contribution in [1.82, 2.24) is 4.90 Å². The van der Waals surface area contributed by atoms with Crippen LogP contribution in [0.25, 0.3) is 0 Å². The number of aliphatic carboxylic acids is 1. The number of phenolic OH excluding ortho intramolecular Hbond substituents is 1. The third kappa shape index (κ3) is 10.1. The highest BCUT2D eigenvalue weighted by atomic mass is 16.7. The van der Waals surface area contributed by atoms with Crippen LogP contribution in [0.2, 0.25) is 0 Å². The number of ether oxygens (including phenoxy) is 2. The van der Waals surface area contributed by atoms with Crippen molar-refractivity contribution in [2.45, 2.75) is 69.7 Å². The molecule has 0 spiro atoms. The highest BCUT2D eigenvalue weighted by Gasteiger charge is 2.33. The van der Waals surface area contributed by atoms with E-state index in [0.717, 1.165) is 16.7 Å². The second kappa shape index (κ2) is 16.3. The highest BCUT2D eigenvalue weighted by Crippen LogP contribution is 2.38. The lowest BCUT2D eigenvalue weighted by molar-refractivity contribution is -0.252. The Morgan fingerprint density at radius 1 is 0.955 bits per heavy atom. The number of carbonyl (C=O) groups excluding carboxylic acids is 1. The SMILES string of the molecule is CN(C[C@@H]1C[C@H](c2ccc(CO)cc2)O[C@H](c2cccc(NC(=O)CCCCCC(=O)O)c2)O1)C[C@@H](O)c1cccc(O)c1. The van der Waals surface area contributed by atoms with Gasteiger partial charge in [0.1, 0.15) is 5.75 Å². The molecule has 3 aromatic carbocycles. The molecule has 1 aliphatic heterocycles. The van der Waals surface area contributed by atoms with Gasteiger partial charge in [0.05, 0.1) is 24.9 Å². The number of unbranched alkanes of at least 4 members (excludes halogenated alkanes) is 2. The molecule has 4 rings (SSSR count). The molecule has 1 aliphatic rings. The van der Waals surface area contributed by atoms with Crippen molar-refractivity contribution in [3.63, 3.8) is 0 Å². The molecule has 4 atom stereocenters. The van der Waals surface area contributed by atoms with Gasteiger partial charge in [-0.1, -0.05) is 55.0 Å². The molecule has 1 fully saturated rings. The first-order chi connectivity index (χ1) is 21.2. The van der Waals surface area contributed by atoms with Gasteiger partial charge in [-0.15, -0.1) is 0 Å². The summed E-state index contributed by atoms with van der Waals surface area (Å²) in [6, 6.07) is 21.6. The number of phenols is 1. The topological polar surface area (TPSA) is 149 Å². The van der Waals surface area contributed by atoms with Crippen molar-refractivity contribution in [3.8, 4) is 5.75 Å². The number of hydrogen-bond acceptors (Lipinski definition) is 8. The molecule has 0 unspecified atom stereocenters. The van der Waals surface area contributed by atoms with Gasteiger partial charge >= 0.3 is 5.97 Å². The van der Waals surface area contributed by atoms with Crippen LogP contribution in [0.15, 0.2) is 72.8 Å². The van der Waals surface area contributed by atoms with Gasteiger partial charge in [-0.05, 0) is 60.8 Å². The Hall–Kier alpha value is -3.80. The minimum absolute atomic E-state index is 0.0483. The van der Waals surface area contributed by atoms with Crippen LogP contribution in [0.1, 0.15) is 79.3 Å². The van der Waals surface area contributed by atoms with Crippen molar-refractivity contribution in [1.29, 1.82) is 0 Å².